The highest BCUT2D eigenvalue weighted by molar-refractivity contribution is 7.92. The summed E-state index contributed by atoms with van der Waals surface area (Å²) in [4.78, 5) is 13.4. The molecule has 2 atom stereocenters. The number of fused-ring (bicyclic) bond motifs is 2. The zero-order valence-corrected chi connectivity index (χ0v) is 19.2. The minimum absolute atomic E-state index is 0.100. The Bertz CT molecular complexity index is 1290. The van der Waals surface area contributed by atoms with Gasteiger partial charge in [0.05, 0.1) is 23.2 Å². The van der Waals surface area contributed by atoms with Gasteiger partial charge >= 0.3 is 0 Å². The van der Waals surface area contributed by atoms with Gasteiger partial charge in [-0.3, -0.25) is 9.10 Å². The highest BCUT2D eigenvalue weighted by Crippen LogP contribution is 2.37. The first-order chi connectivity index (χ1) is 15.9. The molecule has 1 amide bonds. The topological polar surface area (TPSA) is 75.7 Å². The molecule has 7 heteroatoms. The SMILES string of the molecule is C[C@@H](NC(=O)[C@@H]1CN(S(=O)(=O)c2ccccc2)c2ccccc2O1)c1ccc2c(c1)CCC2. The summed E-state index contributed by atoms with van der Waals surface area (Å²) in [6.45, 7) is 1.83. The van der Waals surface area contributed by atoms with Crippen molar-refractivity contribution in [2.24, 2.45) is 0 Å². The standard InChI is InChI=1S/C26H26N2O4S/c1-18(20-15-14-19-8-7-9-21(19)16-20)27-26(29)25-17-28(23-12-5-6-13-24(23)32-25)33(30,31)22-10-3-2-4-11-22/h2-6,10-16,18,25H,7-9,17H2,1H3,(H,27,29)/t18-,25+/m1/s1. The molecule has 1 aliphatic carbocycles. The molecule has 3 aromatic carbocycles. The van der Waals surface area contributed by atoms with Gasteiger partial charge in [-0.05, 0) is 67.1 Å². The molecule has 0 saturated heterocycles. The second kappa shape index (κ2) is 8.56. The molecule has 0 saturated carbocycles. The molecular weight excluding hydrogens is 436 g/mol. The number of rotatable bonds is 5. The van der Waals surface area contributed by atoms with Crippen molar-refractivity contribution in [2.45, 2.75) is 43.2 Å². The second-order valence-electron chi connectivity index (χ2n) is 8.54. The molecular formula is C26H26N2O4S. The molecule has 5 rings (SSSR count). The molecule has 3 aromatic rings. The molecule has 0 bridgehead atoms. The molecule has 1 heterocycles. The highest BCUT2D eigenvalue weighted by Gasteiger charge is 2.37. The average Bonchev–Trinajstić information content (AvgIpc) is 3.31. The van der Waals surface area contributed by atoms with Crippen molar-refractivity contribution in [1.29, 1.82) is 0 Å². The lowest BCUT2D eigenvalue weighted by Gasteiger charge is -2.35. The summed E-state index contributed by atoms with van der Waals surface area (Å²) in [6, 6.07) is 21.3. The smallest absolute Gasteiger partial charge is 0.264 e. The number of amides is 1. The van der Waals surface area contributed by atoms with E-state index in [0.717, 1.165) is 18.4 Å². The zero-order valence-electron chi connectivity index (χ0n) is 18.4. The maximum absolute atomic E-state index is 13.4. The normalized spacial score (nSPS) is 18.1. The molecule has 2 aliphatic rings. The summed E-state index contributed by atoms with van der Waals surface area (Å²) < 4.78 is 34.0. The van der Waals surface area contributed by atoms with Gasteiger partial charge < -0.3 is 10.1 Å². The number of hydrogen-bond donors (Lipinski definition) is 1. The third-order valence-electron chi connectivity index (χ3n) is 6.34. The van der Waals surface area contributed by atoms with Crippen LogP contribution in [0.15, 0.2) is 77.7 Å². The summed E-state index contributed by atoms with van der Waals surface area (Å²) in [5, 5.41) is 3.01. The van der Waals surface area contributed by atoms with E-state index in [4.69, 9.17) is 4.74 Å². The van der Waals surface area contributed by atoms with Crippen molar-refractivity contribution < 1.29 is 17.9 Å². The third-order valence-corrected chi connectivity index (χ3v) is 8.13. The Labute approximate surface area is 194 Å². The predicted molar refractivity (Wildman–Crippen MR) is 127 cm³/mol. The van der Waals surface area contributed by atoms with Crippen molar-refractivity contribution in [3.63, 3.8) is 0 Å². The maximum atomic E-state index is 13.4. The number of nitrogens with zero attached hydrogens (tertiary/aromatic N) is 1. The first kappa shape index (κ1) is 21.5. The van der Waals surface area contributed by atoms with Crippen LogP contribution in [0, 0.1) is 0 Å². The van der Waals surface area contributed by atoms with Crippen LogP contribution in [-0.4, -0.2) is 27.0 Å². The van der Waals surface area contributed by atoms with Gasteiger partial charge in [0.25, 0.3) is 15.9 Å². The van der Waals surface area contributed by atoms with Gasteiger partial charge in [0.15, 0.2) is 6.10 Å². The van der Waals surface area contributed by atoms with Crippen molar-refractivity contribution in [3.8, 4) is 5.75 Å². The van der Waals surface area contributed by atoms with Crippen LogP contribution in [0.4, 0.5) is 5.69 Å². The summed E-state index contributed by atoms with van der Waals surface area (Å²) in [6.07, 6.45) is 2.38. The maximum Gasteiger partial charge on any atom is 0.264 e. The molecule has 0 aromatic heterocycles. The van der Waals surface area contributed by atoms with Gasteiger partial charge in [-0.25, -0.2) is 8.42 Å². The van der Waals surface area contributed by atoms with Crippen LogP contribution in [0.25, 0.3) is 0 Å². The number of benzene rings is 3. The lowest BCUT2D eigenvalue weighted by atomic mass is 10.0. The van der Waals surface area contributed by atoms with E-state index in [1.54, 1.807) is 54.6 Å². The number of para-hydroxylation sites is 2. The fourth-order valence-corrected chi connectivity index (χ4v) is 6.03. The lowest BCUT2D eigenvalue weighted by Crippen LogP contribution is -2.51. The van der Waals surface area contributed by atoms with Crippen LogP contribution in [0.1, 0.15) is 36.1 Å². The quantitative estimate of drug-likeness (QED) is 0.622. The number of sulfonamides is 1. The molecule has 1 aliphatic heterocycles. The Morgan fingerprint density at radius 1 is 1.00 bits per heavy atom. The van der Waals surface area contributed by atoms with Crippen molar-refractivity contribution >= 4 is 21.6 Å². The number of nitrogens with one attached hydrogen (secondary N) is 1. The average molecular weight is 463 g/mol. The number of aryl methyl sites for hydroxylation is 2. The zero-order chi connectivity index (χ0) is 23.0. The molecule has 0 radical (unpaired) electrons. The van der Waals surface area contributed by atoms with E-state index in [9.17, 15) is 13.2 Å². The monoisotopic (exact) mass is 462 g/mol. The number of anilines is 1. The van der Waals surface area contributed by atoms with Gasteiger partial charge in [-0.15, -0.1) is 0 Å². The van der Waals surface area contributed by atoms with Crippen LogP contribution < -0.4 is 14.4 Å². The lowest BCUT2D eigenvalue weighted by molar-refractivity contribution is -0.128. The highest BCUT2D eigenvalue weighted by atomic mass is 32.2. The van der Waals surface area contributed by atoms with Gasteiger partial charge in [0, 0.05) is 0 Å². The van der Waals surface area contributed by atoms with Crippen molar-refractivity contribution in [1.82, 2.24) is 5.32 Å². The Morgan fingerprint density at radius 2 is 1.73 bits per heavy atom. The molecule has 1 N–H and O–H groups in total. The summed E-state index contributed by atoms with van der Waals surface area (Å²) in [5.74, 6) is 0.0272. The van der Waals surface area contributed by atoms with E-state index in [1.807, 2.05) is 6.92 Å². The Morgan fingerprint density at radius 3 is 2.55 bits per heavy atom. The van der Waals surface area contributed by atoms with Crippen LogP contribution >= 0.6 is 0 Å². The van der Waals surface area contributed by atoms with Gasteiger partial charge in [-0.2, -0.15) is 0 Å². The first-order valence-corrected chi connectivity index (χ1v) is 12.6. The third kappa shape index (κ3) is 4.09. The van der Waals surface area contributed by atoms with E-state index in [2.05, 4.69) is 23.5 Å². The fraction of sp³-hybridized carbons (Fsp3) is 0.269. The van der Waals surface area contributed by atoms with Crippen molar-refractivity contribution in [3.05, 3.63) is 89.5 Å². The largest absolute Gasteiger partial charge is 0.476 e. The fourth-order valence-electron chi connectivity index (χ4n) is 4.54. The molecule has 33 heavy (non-hydrogen) atoms. The number of hydrogen-bond acceptors (Lipinski definition) is 4. The summed E-state index contributed by atoms with van der Waals surface area (Å²) in [7, 11) is -3.86. The van der Waals surface area contributed by atoms with Crippen molar-refractivity contribution in [2.75, 3.05) is 10.8 Å². The van der Waals surface area contributed by atoms with E-state index in [-0.39, 0.29) is 23.4 Å². The van der Waals surface area contributed by atoms with Crippen LogP contribution in [0.5, 0.6) is 5.75 Å². The molecule has 0 unspecified atom stereocenters. The molecule has 6 nitrogen and oxygen atoms in total. The van der Waals surface area contributed by atoms with Crippen LogP contribution in [0.2, 0.25) is 0 Å². The summed E-state index contributed by atoms with van der Waals surface area (Å²) in [5.41, 5.74) is 4.19. The number of carbonyl (C=O) groups is 1. The number of carbonyl (C=O) groups excluding carboxylic acids is 1. The predicted octanol–water partition coefficient (Wildman–Crippen LogP) is 4.01. The first-order valence-electron chi connectivity index (χ1n) is 11.2. The minimum atomic E-state index is -3.86. The Balaban J connectivity index is 1.39. The van der Waals surface area contributed by atoms with E-state index >= 15 is 0 Å². The van der Waals surface area contributed by atoms with E-state index in [1.165, 1.54) is 21.9 Å². The van der Waals surface area contributed by atoms with Crippen LogP contribution in [-0.2, 0) is 27.7 Å². The second-order valence-corrected chi connectivity index (χ2v) is 10.4. The molecule has 0 spiro atoms. The number of ether oxygens (including phenoxy) is 1. The summed E-state index contributed by atoms with van der Waals surface area (Å²) >= 11 is 0. The van der Waals surface area contributed by atoms with Gasteiger partial charge in [0.2, 0.25) is 0 Å². The minimum Gasteiger partial charge on any atom is -0.476 e. The van der Waals surface area contributed by atoms with E-state index in [0.29, 0.717) is 11.4 Å². The molecule has 0 fully saturated rings. The van der Waals surface area contributed by atoms with Gasteiger partial charge in [-0.1, -0.05) is 48.5 Å². The van der Waals surface area contributed by atoms with Crippen LogP contribution in [0.3, 0.4) is 0 Å². The Hall–Kier alpha value is -3.32. The molecule has 170 valence electrons. The van der Waals surface area contributed by atoms with E-state index < -0.39 is 16.1 Å². The van der Waals surface area contributed by atoms with Gasteiger partial charge in [0.1, 0.15) is 5.75 Å². The Kier molecular flexibility index (Phi) is 5.58.